The molecule has 0 saturated heterocycles. The van der Waals surface area contributed by atoms with E-state index >= 15 is 0 Å². The maximum atomic E-state index is 11.5. The van der Waals surface area contributed by atoms with Crippen LogP contribution in [0.4, 0.5) is 0 Å². The van der Waals surface area contributed by atoms with E-state index in [-0.39, 0.29) is 23.5 Å². The molecule has 0 aromatic rings. The van der Waals surface area contributed by atoms with Crippen LogP contribution < -0.4 is 5.32 Å². The van der Waals surface area contributed by atoms with E-state index in [1.807, 2.05) is 13.8 Å². The molecular formula is C12H23NO3. The Morgan fingerprint density at radius 1 is 1.56 bits per heavy atom. The summed E-state index contributed by atoms with van der Waals surface area (Å²) >= 11 is 0. The fourth-order valence-electron chi connectivity index (χ4n) is 2.21. The molecule has 0 spiro atoms. The van der Waals surface area contributed by atoms with Gasteiger partial charge in [0.2, 0.25) is 0 Å². The van der Waals surface area contributed by atoms with Crippen molar-refractivity contribution in [3.8, 4) is 0 Å². The SMILES string of the molecule is CCOC(=O)C(C)NC1CC(OC)C1(C)C. The van der Waals surface area contributed by atoms with Gasteiger partial charge in [-0.3, -0.25) is 4.79 Å². The number of hydrogen-bond donors (Lipinski definition) is 1. The third-order valence-electron chi connectivity index (χ3n) is 3.55. The zero-order valence-electron chi connectivity index (χ0n) is 10.9. The number of carbonyl (C=O) groups is 1. The highest BCUT2D eigenvalue weighted by Crippen LogP contribution is 2.42. The van der Waals surface area contributed by atoms with Crippen molar-refractivity contribution in [1.82, 2.24) is 5.32 Å². The van der Waals surface area contributed by atoms with Gasteiger partial charge in [0.15, 0.2) is 0 Å². The standard InChI is InChI=1S/C12H23NO3/c1-6-16-11(14)8(2)13-9-7-10(15-5)12(9,3)4/h8-10,13H,6-7H2,1-5H3. The van der Waals surface area contributed by atoms with E-state index in [9.17, 15) is 4.79 Å². The molecule has 1 aliphatic rings. The van der Waals surface area contributed by atoms with Crippen molar-refractivity contribution >= 4 is 5.97 Å². The van der Waals surface area contributed by atoms with E-state index in [1.54, 1.807) is 7.11 Å². The Labute approximate surface area is 97.7 Å². The predicted octanol–water partition coefficient (Wildman–Crippen LogP) is 1.34. The van der Waals surface area contributed by atoms with Crippen LogP contribution in [0.2, 0.25) is 0 Å². The zero-order chi connectivity index (χ0) is 12.3. The Kier molecular flexibility index (Phi) is 4.33. The van der Waals surface area contributed by atoms with Crippen LogP contribution in [0.3, 0.4) is 0 Å². The lowest BCUT2D eigenvalue weighted by Crippen LogP contribution is -2.63. The maximum absolute atomic E-state index is 11.5. The molecule has 0 radical (unpaired) electrons. The van der Waals surface area contributed by atoms with Crippen molar-refractivity contribution in [3.63, 3.8) is 0 Å². The van der Waals surface area contributed by atoms with E-state index < -0.39 is 0 Å². The normalized spacial score (nSPS) is 29.3. The van der Waals surface area contributed by atoms with Crippen LogP contribution in [-0.2, 0) is 14.3 Å². The molecule has 3 unspecified atom stereocenters. The Bertz CT molecular complexity index is 253. The van der Waals surface area contributed by atoms with Gasteiger partial charge in [-0.25, -0.2) is 0 Å². The maximum Gasteiger partial charge on any atom is 0.322 e. The second-order valence-corrected chi connectivity index (χ2v) is 4.97. The highest BCUT2D eigenvalue weighted by atomic mass is 16.5. The highest BCUT2D eigenvalue weighted by molar-refractivity contribution is 5.75. The smallest absolute Gasteiger partial charge is 0.322 e. The van der Waals surface area contributed by atoms with Gasteiger partial charge in [0.25, 0.3) is 0 Å². The summed E-state index contributed by atoms with van der Waals surface area (Å²) in [6.45, 7) is 8.40. The number of rotatable bonds is 5. The summed E-state index contributed by atoms with van der Waals surface area (Å²) in [6, 6.07) is 0.0684. The van der Waals surface area contributed by atoms with Crippen LogP contribution in [0.25, 0.3) is 0 Å². The van der Waals surface area contributed by atoms with Gasteiger partial charge in [-0.15, -0.1) is 0 Å². The Morgan fingerprint density at radius 3 is 2.62 bits per heavy atom. The molecule has 1 saturated carbocycles. The third kappa shape index (κ3) is 2.55. The fourth-order valence-corrected chi connectivity index (χ4v) is 2.21. The molecule has 0 amide bonds. The van der Waals surface area contributed by atoms with Gasteiger partial charge < -0.3 is 14.8 Å². The first-order chi connectivity index (χ1) is 7.43. The number of methoxy groups -OCH3 is 1. The van der Waals surface area contributed by atoms with E-state index in [4.69, 9.17) is 9.47 Å². The zero-order valence-corrected chi connectivity index (χ0v) is 10.9. The van der Waals surface area contributed by atoms with Gasteiger partial charge in [0, 0.05) is 18.6 Å². The lowest BCUT2D eigenvalue weighted by atomic mass is 9.64. The van der Waals surface area contributed by atoms with Crippen LogP contribution in [0.15, 0.2) is 0 Å². The van der Waals surface area contributed by atoms with Gasteiger partial charge >= 0.3 is 5.97 Å². The Balaban J connectivity index is 2.42. The minimum absolute atomic E-state index is 0.0789. The quantitative estimate of drug-likeness (QED) is 0.723. The van der Waals surface area contributed by atoms with E-state index in [0.29, 0.717) is 12.6 Å². The summed E-state index contributed by atoms with van der Waals surface area (Å²) in [5, 5.41) is 3.30. The molecule has 1 fully saturated rings. The summed E-state index contributed by atoms with van der Waals surface area (Å²) < 4.78 is 10.3. The molecule has 1 N–H and O–H groups in total. The van der Waals surface area contributed by atoms with Gasteiger partial charge in [-0.2, -0.15) is 0 Å². The summed E-state index contributed by atoms with van der Waals surface area (Å²) in [5.74, 6) is -0.181. The van der Waals surface area contributed by atoms with Crippen LogP contribution in [0.1, 0.15) is 34.1 Å². The predicted molar refractivity (Wildman–Crippen MR) is 62.2 cm³/mol. The van der Waals surface area contributed by atoms with Crippen LogP contribution in [0, 0.1) is 5.41 Å². The first-order valence-corrected chi connectivity index (χ1v) is 5.89. The van der Waals surface area contributed by atoms with Crippen molar-refractivity contribution in [2.24, 2.45) is 5.41 Å². The molecule has 1 aliphatic carbocycles. The minimum atomic E-state index is -0.248. The first-order valence-electron chi connectivity index (χ1n) is 5.89. The van der Waals surface area contributed by atoms with Crippen molar-refractivity contribution in [1.29, 1.82) is 0 Å². The van der Waals surface area contributed by atoms with Gasteiger partial charge in [-0.05, 0) is 20.3 Å². The average Bonchev–Trinajstić information content (AvgIpc) is 2.23. The molecule has 0 aromatic carbocycles. The topological polar surface area (TPSA) is 47.6 Å². The molecule has 1 rings (SSSR count). The monoisotopic (exact) mass is 229 g/mol. The third-order valence-corrected chi connectivity index (χ3v) is 3.55. The van der Waals surface area contributed by atoms with Crippen molar-refractivity contribution in [2.45, 2.75) is 52.3 Å². The molecular weight excluding hydrogens is 206 g/mol. The number of nitrogens with one attached hydrogen (secondary N) is 1. The minimum Gasteiger partial charge on any atom is -0.465 e. The molecule has 4 heteroatoms. The van der Waals surface area contributed by atoms with Crippen molar-refractivity contribution in [2.75, 3.05) is 13.7 Å². The van der Waals surface area contributed by atoms with E-state index in [2.05, 4.69) is 19.2 Å². The fraction of sp³-hybridized carbons (Fsp3) is 0.917. The molecule has 94 valence electrons. The summed E-state index contributed by atoms with van der Waals surface area (Å²) in [5.41, 5.74) is 0.0789. The average molecular weight is 229 g/mol. The lowest BCUT2D eigenvalue weighted by molar-refractivity contribution is -0.148. The molecule has 0 aromatic heterocycles. The van der Waals surface area contributed by atoms with Crippen molar-refractivity contribution in [3.05, 3.63) is 0 Å². The van der Waals surface area contributed by atoms with Crippen LogP contribution in [0.5, 0.6) is 0 Å². The molecule has 3 atom stereocenters. The molecule has 0 heterocycles. The van der Waals surface area contributed by atoms with Crippen LogP contribution in [-0.4, -0.2) is 37.9 Å². The number of carbonyl (C=O) groups excluding carboxylic acids is 1. The van der Waals surface area contributed by atoms with E-state index in [1.165, 1.54) is 0 Å². The van der Waals surface area contributed by atoms with Gasteiger partial charge in [0.1, 0.15) is 6.04 Å². The summed E-state index contributed by atoms with van der Waals surface area (Å²) in [4.78, 5) is 11.5. The first kappa shape index (κ1) is 13.5. The Hall–Kier alpha value is -0.610. The summed E-state index contributed by atoms with van der Waals surface area (Å²) in [7, 11) is 1.73. The largest absolute Gasteiger partial charge is 0.465 e. The van der Waals surface area contributed by atoms with Gasteiger partial charge in [0.05, 0.1) is 12.7 Å². The van der Waals surface area contributed by atoms with E-state index in [0.717, 1.165) is 6.42 Å². The second-order valence-electron chi connectivity index (χ2n) is 4.97. The summed E-state index contributed by atoms with van der Waals surface area (Å²) in [6.07, 6.45) is 1.23. The van der Waals surface area contributed by atoms with Crippen molar-refractivity contribution < 1.29 is 14.3 Å². The second kappa shape index (κ2) is 5.15. The highest BCUT2D eigenvalue weighted by Gasteiger charge is 2.49. The molecule has 4 nitrogen and oxygen atoms in total. The number of esters is 1. The molecule has 0 bridgehead atoms. The van der Waals surface area contributed by atoms with Crippen LogP contribution >= 0.6 is 0 Å². The Morgan fingerprint density at radius 2 is 2.19 bits per heavy atom. The number of hydrogen-bond acceptors (Lipinski definition) is 4. The van der Waals surface area contributed by atoms with Gasteiger partial charge in [-0.1, -0.05) is 13.8 Å². The lowest BCUT2D eigenvalue weighted by Gasteiger charge is -2.52. The molecule has 16 heavy (non-hydrogen) atoms. The molecule has 0 aliphatic heterocycles. The number of ether oxygens (including phenoxy) is 2.